The number of hydrogen-bond acceptors (Lipinski definition) is 6. The molecule has 6 N–H and O–H groups in total. The van der Waals surface area contributed by atoms with Crippen molar-refractivity contribution in [2.45, 2.75) is 58.7 Å². The van der Waals surface area contributed by atoms with Crippen molar-refractivity contribution in [3.63, 3.8) is 0 Å². The van der Waals surface area contributed by atoms with E-state index in [1.807, 2.05) is 24.3 Å². The largest absolute Gasteiger partial charge is 0.391 e. The number of anilines is 1. The maximum atomic E-state index is 12.5. The molecule has 212 valence electrons. The number of nitrogens with one attached hydrogen (secondary N) is 4. The summed E-state index contributed by atoms with van der Waals surface area (Å²) in [6, 6.07) is 12.8. The van der Waals surface area contributed by atoms with Gasteiger partial charge in [-0.3, -0.25) is 19.6 Å². The first-order chi connectivity index (χ1) is 19.0. The molecule has 3 aliphatic carbocycles. The van der Waals surface area contributed by atoms with Crippen molar-refractivity contribution in [2.75, 3.05) is 11.9 Å². The lowest BCUT2D eigenvalue weighted by Crippen LogP contribution is -2.60. The second-order valence-electron chi connectivity index (χ2n) is 11.6. The van der Waals surface area contributed by atoms with Gasteiger partial charge in [-0.1, -0.05) is 32.6 Å². The fraction of sp³-hybridized carbons (Fsp3) is 0.452. The summed E-state index contributed by atoms with van der Waals surface area (Å²) in [6.07, 6.45) is 1.25. The van der Waals surface area contributed by atoms with Crippen LogP contribution >= 0.6 is 0 Å². The van der Waals surface area contributed by atoms with Crippen molar-refractivity contribution in [3.8, 4) is 11.8 Å². The number of rotatable bonds is 8. The van der Waals surface area contributed by atoms with Crippen LogP contribution in [0, 0.1) is 35.0 Å². The number of amides is 3. The standard InChI is InChI=1S/C31H38N4O5/c1-18-25-15-23(31(25,3)4)16-26(18)32-17-27(37)33-24-13-9-21(10-14-24)6-5-20-7-11-22(12-8-20)29(38)34-28(19(2)36)30(39)35-40/h7-14,18-19,23,25-26,28,32,36,40H,15-17H2,1-4H3,(H,33,37)(H,34,38)(H,35,39)/t18-,19-,23+,25+,26+,28+/m1/s1. The summed E-state index contributed by atoms with van der Waals surface area (Å²) in [6.45, 7) is 8.67. The topological polar surface area (TPSA) is 140 Å². The Morgan fingerprint density at radius 3 is 2.12 bits per heavy atom. The van der Waals surface area contributed by atoms with Gasteiger partial charge in [0.25, 0.3) is 11.8 Å². The minimum atomic E-state index is -1.29. The average molecular weight is 547 g/mol. The lowest BCUT2D eigenvalue weighted by molar-refractivity contribution is -0.133. The molecular weight excluding hydrogens is 508 g/mol. The zero-order valence-corrected chi connectivity index (χ0v) is 23.3. The van der Waals surface area contributed by atoms with Crippen LogP contribution in [0.15, 0.2) is 48.5 Å². The molecule has 3 fully saturated rings. The van der Waals surface area contributed by atoms with Crippen LogP contribution < -0.4 is 21.4 Å². The number of aliphatic hydroxyl groups excluding tert-OH is 1. The highest BCUT2D eigenvalue weighted by atomic mass is 16.5. The minimum Gasteiger partial charge on any atom is -0.391 e. The Hall–Kier alpha value is -3.71. The quantitative estimate of drug-likeness (QED) is 0.171. The molecule has 2 bridgehead atoms. The van der Waals surface area contributed by atoms with Crippen LogP contribution in [0.1, 0.15) is 62.0 Å². The second-order valence-corrected chi connectivity index (χ2v) is 11.6. The summed E-state index contributed by atoms with van der Waals surface area (Å²) in [5.74, 6) is 6.58. The number of carbonyl (C=O) groups is 3. The number of fused-ring (bicyclic) bond motifs is 2. The Balaban J connectivity index is 1.26. The number of hydroxylamine groups is 1. The van der Waals surface area contributed by atoms with Gasteiger partial charge in [-0.2, -0.15) is 0 Å². The van der Waals surface area contributed by atoms with Gasteiger partial charge in [0.2, 0.25) is 5.91 Å². The molecule has 0 heterocycles. The van der Waals surface area contributed by atoms with Gasteiger partial charge >= 0.3 is 0 Å². The highest BCUT2D eigenvalue weighted by Gasteiger charge is 2.56. The van der Waals surface area contributed by atoms with E-state index in [0.29, 0.717) is 35.2 Å². The molecule has 0 saturated heterocycles. The van der Waals surface area contributed by atoms with Gasteiger partial charge in [-0.15, -0.1) is 0 Å². The van der Waals surface area contributed by atoms with Crippen molar-refractivity contribution in [2.24, 2.45) is 23.2 Å². The Morgan fingerprint density at radius 2 is 1.60 bits per heavy atom. The number of benzene rings is 2. The summed E-state index contributed by atoms with van der Waals surface area (Å²) in [5.41, 5.74) is 4.28. The molecule has 9 heteroatoms. The molecule has 3 saturated carbocycles. The maximum absolute atomic E-state index is 12.5. The van der Waals surface area contributed by atoms with Crippen LogP contribution in [0.25, 0.3) is 0 Å². The number of hydrogen-bond donors (Lipinski definition) is 6. The van der Waals surface area contributed by atoms with E-state index in [1.54, 1.807) is 24.3 Å². The van der Waals surface area contributed by atoms with Gasteiger partial charge in [0.05, 0.1) is 12.6 Å². The third-order valence-electron chi connectivity index (χ3n) is 8.71. The average Bonchev–Trinajstić information content (AvgIpc) is 2.94. The minimum absolute atomic E-state index is 0.0644. The van der Waals surface area contributed by atoms with Gasteiger partial charge in [0.1, 0.15) is 6.04 Å². The lowest BCUT2D eigenvalue weighted by atomic mass is 9.45. The molecule has 40 heavy (non-hydrogen) atoms. The van der Waals surface area contributed by atoms with Crippen LogP contribution in [-0.2, 0) is 9.59 Å². The number of carbonyl (C=O) groups excluding carboxylic acids is 3. The molecule has 0 aliphatic heterocycles. The van der Waals surface area contributed by atoms with Crippen molar-refractivity contribution in [1.29, 1.82) is 0 Å². The van der Waals surface area contributed by atoms with E-state index >= 15 is 0 Å². The zero-order valence-electron chi connectivity index (χ0n) is 23.3. The van der Waals surface area contributed by atoms with Crippen LogP contribution in [-0.4, -0.2) is 52.8 Å². The second kappa shape index (κ2) is 12.2. The highest BCUT2D eigenvalue weighted by molar-refractivity contribution is 5.97. The van der Waals surface area contributed by atoms with E-state index < -0.39 is 24.0 Å². The Morgan fingerprint density at radius 1 is 1.00 bits per heavy atom. The van der Waals surface area contributed by atoms with E-state index in [2.05, 4.69) is 48.6 Å². The molecule has 3 amide bonds. The fourth-order valence-corrected chi connectivity index (χ4v) is 6.03. The molecule has 6 atom stereocenters. The summed E-state index contributed by atoms with van der Waals surface area (Å²) >= 11 is 0. The first-order valence-corrected chi connectivity index (χ1v) is 13.7. The monoisotopic (exact) mass is 546 g/mol. The van der Waals surface area contributed by atoms with E-state index in [4.69, 9.17) is 5.21 Å². The van der Waals surface area contributed by atoms with Crippen molar-refractivity contribution in [3.05, 3.63) is 65.2 Å². The molecule has 5 rings (SSSR count). The highest BCUT2D eigenvalue weighted by Crippen LogP contribution is 2.61. The lowest BCUT2D eigenvalue weighted by Gasteiger charge is -2.62. The summed E-state index contributed by atoms with van der Waals surface area (Å²) < 4.78 is 0. The van der Waals surface area contributed by atoms with Gasteiger partial charge < -0.3 is 21.1 Å². The smallest absolute Gasteiger partial charge is 0.268 e. The third kappa shape index (κ3) is 6.53. The molecule has 0 radical (unpaired) electrons. The van der Waals surface area contributed by atoms with Crippen molar-refractivity contribution >= 4 is 23.4 Å². The molecule has 0 aromatic heterocycles. The van der Waals surface area contributed by atoms with Crippen LogP contribution in [0.4, 0.5) is 5.69 Å². The molecular formula is C31H38N4O5. The summed E-state index contributed by atoms with van der Waals surface area (Å²) in [4.78, 5) is 36.5. The van der Waals surface area contributed by atoms with E-state index in [0.717, 1.165) is 23.8 Å². The Bertz CT molecular complexity index is 1290. The normalized spacial score (nSPS) is 23.9. The molecule has 2 aromatic carbocycles. The summed E-state index contributed by atoms with van der Waals surface area (Å²) in [5, 5.41) is 27.2. The first kappa shape index (κ1) is 29.3. The Kier molecular flexibility index (Phi) is 8.94. The van der Waals surface area contributed by atoms with Crippen LogP contribution in [0.5, 0.6) is 0 Å². The van der Waals surface area contributed by atoms with E-state index in [9.17, 15) is 19.5 Å². The Labute approximate surface area is 235 Å². The zero-order chi connectivity index (χ0) is 29.0. The maximum Gasteiger partial charge on any atom is 0.268 e. The predicted octanol–water partition coefficient (Wildman–Crippen LogP) is 2.67. The van der Waals surface area contributed by atoms with Crippen molar-refractivity contribution in [1.82, 2.24) is 16.1 Å². The van der Waals surface area contributed by atoms with Crippen LogP contribution in [0.2, 0.25) is 0 Å². The van der Waals surface area contributed by atoms with Gasteiger partial charge in [-0.05, 0) is 91.5 Å². The molecule has 2 aromatic rings. The molecule has 0 unspecified atom stereocenters. The third-order valence-corrected chi connectivity index (χ3v) is 8.71. The van der Waals surface area contributed by atoms with Gasteiger partial charge in [-0.25, -0.2) is 5.48 Å². The number of aliphatic hydroxyl groups is 1. The van der Waals surface area contributed by atoms with Crippen LogP contribution in [0.3, 0.4) is 0 Å². The SMILES string of the molecule is C[C@H]1[C@@H](NCC(=O)Nc2ccc(C#Cc3ccc(C(=O)N[C@H](C(=O)NO)[C@@H](C)O)cc3)cc2)C[C@@H]2C[C@@H]1C2(C)C. The van der Waals surface area contributed by atoms with E-state index in [1.165, 1.54) is 18.8 Å². The van der Waals surface area contributed by atoms with Gasteiger partial charge in [0, 0.05) is 28.4 Å². The molecule has 3 aliphatic rings. The van der Waals surface area contributed by atoms with Gasteiger partial charge in [0.15, 0.2) is 0 Å². The molecule has 0 spiro atoms. The summed E-state index contributed by atoms with van der Waals surface area (Å²) in [7, 11) is 0. The molecule has 9 nitrogen and oxygen atoms in total. The van der Waals surface area contributed by atoms with Crippen molar-refractivity contribution < 1.29 is 24.7 Å². The van der Waals surface area contributed by atoms with E-state index in [-0.39, 0.29) is 11.5 Å². The predicted molar refractivity (Wildman–Crippen MR) is 151 cm³/mol. The first-order valence-electron chi connectivity index (χ1n) is 13.7. The fourth-order valence-electron chi connectivity index (χ4n) is 6.03.